The lowest BCUT2D eigenvalue weighted by Crippen LogP contribution is -2.43. The summed E-state index contributed by atoms with van der Waals surface area (Å²) in [6, 6.07) is 0. The largest absolute Gasteiger partial charge is 0.479 e. The molecule has 0 bridgehead atoms. The molecule has 1 aromatic rings. The van der Waals surface area contributed by atoms with Crippen LogP contribution in [0.15, 0.2) is 12.4 Å². The summed E-state index contributed by atoms with van der Waals surface area (Å²) in [4.78, 5) is 25.0. The lowest BCUT2D eigenvalue weighted by molar-refractivity contribution is -0.155. The number of H-pyrrole nitrogens is 1. The number of piperidine rings is 1. The SMILES string of the molecule is O=C(O)[C@H]1CC[C@@H](C(=O)N2CCC(c3cn[nH]c3)CC2)O1. The van der Waals surface area contributed by atoms with Gasteiger partial charge in [-0.05, 0) is 37.2 Å². The van der Waals surface area contributed by atoms with E-state index in [2.05, 4.69) is 10.2 Å². The number of carboxylic acid groups (broad SMARTS) is 1. The molecule has 2 atom stereocenters. The van der Waals surface area contributed by atoms with E-state index in [1.807, 2.05) is 12.4 Å². The van der Waals surface area contributed by atoms with E-state index >= 15 is 0 Å². The molecule has 1 aromatic heterocycles. The molecule has 7 heteroatoms. The van der Waals surface area contributed by atoms with Crippen LogP contribution in [0.4, 0.5) is 0 Å². The molecule has 3 rings (SSSR count). The average molecular weight is 293 g/mol. The van der Waals surface area contributed by atoms with Gasteiger partial charge in [-0.2, -0.15) is 5.10 Å². The molecular weight excluding hydrogens is 274 g/mol. The normalized spacial score (nSPS) is 27.0. The van der Waals surface area contributed by atoms with E-state index < -0.39 is 18.2 Å². The first-order valence-corrected chi connectivity index (χ1v) is 7.31. The summed E-state index contributed by atoms with van der Waals surface area (Å²) in [6.45, 7) is 1.37. The number of hydrogen-bond acceptors (Lipinski definition) is 4. The second-order valence-electron chi connectivity index (χ2n) is 5.66. The molecule has 0 spiro atoms. The van der Waals surface area contributed by atoms with Crippen LogP contribution in [0.2, 0.25) is 0 Å². The number of aliphatic carboxylic acids is 1. The van der Waals surface area contributed by atoms with Gasteiger partial charge in [0.25, 0.3) is 5.91 Å². The van der Waals surface area contributed by atoms with Gasteiger partial charge in [0, 0.05) is 19.3 Å². The third-order valence-electron chi connectivity index (χ3n) is 4.37. The van der Waals surface area contributed by atoms with Crippen LogP contribution in [-0.4, -0.2) is 57.4 Å². The van der Waals surface area contributed by atoms with Gasteiger partial charge in [0.15, 0.2) is 6.10 Å². The van der Waals surface area contributed by atoms with Gasteiger partial charge in [-0.3, -0.25) is 9.89 Å². The number of ether oxygens (including phenoxy) is 1. The third-order valence-corrected chi connectivity index (χ3v) is 4.37. The van der Waals surface area contributed by atoms with Crippen LogP contribution in [0.3, 0.4) is 0 Å². The van der Waals surface area contributed by atoms with Crippen LogP contribution in [0.25, 0.3) is 0 Å². The second-order valence-corrected chi connectivity index (χ2v) is 5.66. The molecular formula is C14H19N3O4. The fourth-order valence-electron chi connectivity index (χ4n) is 3.12. The van der Waals surface area contributed by atoms with Crippen molar-refractivity contribution in [3.8, 4) is 0 Å². The van der Waals surface area contributed by atoms with E-state index in [-0.39, 0.29) is 5.91 Å². The molecule has 3 heterocycles. The average Bonchev–Trinajstić information content (AvgIpc) is 3.18. The molecule has 0 unspecified atom stereocenters. The Morgan fingerprint density at radius 2 is 1.95 bits per heavy atom. The summed E-state index contributed by atoms with van der Waals surface area (Å²) in [5.41, 5.74) is 1.19. The molecule has 2 saturated heterocycles. The molecule has 0 aliphatic carbocycles. The number of carbonyl (C=O) groups is 2. The van der Waals surface area contributed by atoms with Crippen LogP contribution < -0.4 is 0 Å². The zero-order chi connectivity index (χ0) is 14.8. The molecule has 2 aliphatic heterocycles. The maximum atomic E-state index is 12.4. The molecule has 2 N–H and O–H groups in total. The lowest BCUT2D eigenvalue weighted by atomic mass is 9.91. The minimum absolute atomic E-state index is 0.0654. The predicted molar refractivity (Wildman–Crippen MR) is 72.7 cm³/mol. The third kappa shape index (κ3) is 2.92. The van der Waals surface area contributed by atoms with Gasteiger partial charge in [-0.1, -0.05) is 0 Å². The lowest BCUT2D eigenvalue weighted by Gasteiger charge is -2.33. The Morgan fingerprint density at radius 1 is 1.24 bits per heavy atom. The maximum absolute atomic E-state index is 12.4. The van der Waals surface area contributed by atoms with Gasteiger partial charge in [-0.25, -0.2) is 4.79 Å². The van der Waals surface area contributed by atoms with Crippen molar-refractivity contribution in [3.05, 3.63) is 18.0 Å². The molecule has 1 amide bonds. The van der Waals surface area contributed by atoms with Crippen LogP contribution >= 0.6 is 0 Å². The maximum Gasteiger partial charge on any atom is 0.332 e. The van der Waals surface area contributed by atoms with Gasteiger partial charge >= 0.3 is 5.97 Å². The highest BCUT2D eigenvalue weighted by molar-refractivity contribution is 5.82. The van der Waals surface area contributed by atoms with E-state index in [0.717, 1.165) is 12.8 Å². The highest BCUT2D eigenvalue weighted by Gasteiger charge is 2.37. The van der Waals surface area contributed by atoms with Gasteiger partial charge in [-0.15, -0.1) is 0 Å². The Balaban J connectivity index is 1.52. The van der Waals surface area contributed by atoms with Gasteiger partial charge in [0.05, 0.1) is 6.20 Å². The smallest absolute Gasteiger partial charge is 0.332 e. The molecule has 21 heavy (non-hydrogen) atoms. The van der Waals surface area contributed by atoms with Crippen LogP contribution in [0.1, 0.15) is 37.2 Å². The number of likely N-dealkylation sites (tertiary alicyclic amines) is 1. The Bertz CT molecular complexity index is 508. The van der Waals surface area contributed by atoms with Gasteiger partial charge in [0.1, 0.15) is 6.10 Å². The quantitative estimate of drug-likeness (QED) is 0.857. The molecule has 7 nitrogen and oxygen atoms in total. The number of aromatic amines is 1. The van der Waals surface area contributed by atoms with Crippen LogP contribution in [-0.2, 0) is 14.3 Å². The topological polar surface area (TPSA) is 95.5 Å². The van der Waals surface area contributed by atoms with E-state index in [0.29, 0.717) is 31.8 Å². The summed E-state index contributed by atoms with van der Waals surface area (Å²) in [5.74, 6) is -0.613. The van der Waals surface area contributed by atoms with Crippen molar-refractivity contribution < 1.29 is 19.4 Å². The molecule has 0 radical (unpaired) electrons. The number of nitrogens with zero attached hydrogens (tertiary/aromatic N) is 2. The monoisotopic (exact) mass is 293 g/mol. The van der Waals surface area contributed by atoms with Crippen molar-refractivity contribution in [2.45, 2.75) is 43.8 Å². The molecule has 0 aromatic carbocycles. The van der Waals surface area contributed by atoms with Crippen molar-refractivity contribution in [2.75, 3.05) is 13.1 Å². The van der Waals surface area contributed by atoms with Gasteiger partial charge < -0.3 is 14.7 Å². The summed E-state index contributed by atoms with van der Waals surface area (Å²) in [5, 5.41) is 15.7. The number of hydrogen-bond donors (Lipinski definition) is 2. The summed E-state index contributed by atoms with van der Waals surface area (Å²) >= 11 is 0. The van der Waals surface area contributed by atoms with Crippen molar-refractivity contribution in [1.82, 2.24) is 15.1 Å². The molecule has 114 valence electrons. The summed E-state index contributed by atoms with van der Waals surface area (Å²) in [7, 11) is 0. The standard InChI is InChI=1S/C14H19N3O4/c18-13(11-1-2-12(21-11)14(19)20)17-5-3-9(4-6-17)10-7-15-16-8-10/h7-9,11-12H,1-6H2,(H,15,16)(H,19,20)/t11-,12+/m0/s1. The fourth-order valence-corrected chi connectivity index (χ4v) is 3.12. The first kappa shape index (κ1) is 14.1. The Kier molecular flexibility index (Phi) is 3.92. The number of rotatable bonds is 3. The van der Waals surface area contributed by atoms with Crippen molar-refractivity contribution in [3.63, 3.8) is 0 Å². The first-order chi connectivity index (χ1) is 10.1. The van der Waals surface area contributed by atoms with E-state index in [4.69, 9.17) is 9.84 Å². The number of nitrogens with one attached hydrogen (secondary N) is 1. The van der Waals surface area contributed by atoms with Gasteiger partial charge in [0.2, 0.25) is 0 Å². The molecule has 2 fully saturated rings. The molecule has 0 saturated carbocycles. The fraction of sp³-hybridized carbons (Fsp3) is 0.643. The van der Waals surface area contributed by atoms with E-state index in [1.165, 1.54) is 5.56 Å². The van der Waals surface area contributed by atoms with Crippen molar-refractivity contribution in [2.24, 2.45) is 0 Å². The van der Waals surface area contributed by atoms with Crippen molar-refractivity contribution in [1.29, 1.82) is 0 Å². The summed E-state index contributed by atoms with van der Waals surface area (Å²) < 4.78 is 5.33. The number of amides is 1. The zero-order valence-electron chi connectivity index (χ0n) is 11.7. The zero-order valence-corrected chi connectivity index (χ0v) is 11.7. The highest BCUT2D eigenvalue weighted by atomic mass is 16.5. The van der Waals surface area contributed by atoms with Crippen LogP contribution in [0, 0.1) is 0 Å². The number of carbonyl (C=O) groups excluding carboxylic acids is 1. The van der Waals surface area contributed by atoms with E-state index in [9.17, 15) is 9.59 Å². The Morgan fingerprint density at radius 3 is 2.52 bits per heavy atom. The number of aromatic nitrogens is 2. The summed E-state index contributed by atoms with van der Waals surface area (Å²) in [6.07, 6.45) is 5.04. The predicted octanol–water partition coefficient (Wildman–Crippen LogP) is 0.748. The second kappa shape index (κ2) is 5.85. The van der Waals surface area contributed by atoms with Crippen LogP contribution in [0.5, 0.6) is 0 Å². The molecule has 2 aliphatic rings. The Hall–Kier alpha value is -1.89. The minimum atomic E-state index is -0.982. The minimum Gasteiger partial charge on any atom is -0.479 e. The number of carboxylic acids is 1. The van der Waals surface area contributed by atoms with Crippen molar-refractivity contribution >= 4 is 11.9 Å². The first-order valence-electron chi connectivity index (χ1n) is 7.31. The Labute approximate surface area is 122 Å². The van der Waals surface area contributed by atoms with E-state index in [1.54, 1.807) is 4.90 Å². The highest BCUT2D eigenvalue weighted by Crippen LogP contribution is 2.29.